The average Bonchev–Trinajstić information content (AvgIpc) is 3.00. The topological polar surface area (TPSA) is 80.0 Å². The van der Waals surface area contributed by atoms with Crippen LogP contribution in [0.3, 0.4) is 0 Å². The lowest BCUT2D eigenvalue weighted by atomic mass is 10.0. The minimum absolute atomic E-state index is 0.0661. The van der Waals surface area contributed by atoms with Crippen molar-refractivity contribution in [1.82, 2.24) is 19.9 Å². The molecule has 2 heterocycles. The van der Waals surface area contributed by atoms with Crippen molar-refractivity contribution in [3.05, 3.63) is 42.6 Å². The van der Waals surface area contributed by atoms with E-state index < -0.39 is 0 Å². The molecule has 0 aliphatic rings. The predicted molar refractivity (Wildman–Crippen MR) is 79.2 cm³/mol. The van der Waals surface area contributed by atoms with Crippen molar-refractivity contribution in [3.63, 3.8) is 0 Å². The molecule has 112 valence electrons. The summed E-state index contributed by atoms with van der Waals surface area (Å²) in [4.78, 5) is 20.4. The number of hydrogen-bond donors (Lipinski definition) is 2. The standard InChI is InChI=1S/C15H20N4O2/c1-11(2)7-13(9-20)18-15(21)12-3-4-17-14(8-12)19-6-5-16-10-19/h3-6,8,10-11,13,20H,7,9H2,1-2H3,(H,18,21). The lowest BCUT2D eigenvalue weighted by Gasteiger charge is -2.18. The number of aliphatic hydroxyl groups is 1. The van der Waals surface area contributed by atoms with Crippen LogP contribution in [0.5, 0.6) is 0 Å². The van der Waals surface area contributed by atoms with Crippen molar-refractivity contribution < 1.29 is 9.90 Å². The molecular weight excluding hydrogens is 268 g/mol. The molecule has 1 unspecified atom stereocenters. The number of carbonyl (C=O) groups is 1. The molecule has 2 aromatic rings. The summed E-state index contributed by atoms with van der Waals surface area (Å²) in [7, 11) is 0. The molecule has 0 bridgehead atoms. The summed E-state index contributed by atoms with van der Waals surface area (Å²) in [6, 6.07) is 3.11. The molecule has 6 nitrogen and oxygen atoms in total. The molecule has 0 saturated carbocycles. The van der Waals surface area contributed by atoms with Gasteiger partial charge < -0.3 is 10.4 Å². The zero-order valence-electron chi connectivity index (χ0n) is 12.2. The third-order valence-electron chi connectivity index (χ3n) is 3.09. The van der Waals surface area contributed by atoms with E-state index in [1.807, 2.05) is 0 Å². The fourth-order valence-corrected chi connectivity index (χ4v) is 2.11. The maximum Gasteiger partial charge on any atom is 0.251 e. The Bertz CT molecular complexity index is 581. The first-order valence-corrected chi connectivity index (χ1v) is 6.96. The van der Waals surface area contributed by atoms with Gasteiger partial charge in [0.1, 0.15) is 12.1 Å². The van der Waals surface area contributed by atoms with E-state index in [1.165, 1.54) is 0 Å². The van der Waals surface area contributed by atoms with Crippen molar-refractivity contribution in [2.24, 2.45) is 5.92 Å². The van der Waals surface area contributed by atoms with Crippen LogP contribution in [-0.4, -0.2) is 38.2 Å². The predicted octanol–water partition coefficient (Wildman–Crippen LogP) is 1.40. The Labute approximate surface area is 123 Å². The Morgan fingerprint density at radius 1 is 1.43 bits per heavy atom. The Morgan fingerprint density at radius 2 is 2.24 bits per heavy atom. The van der Waals surface area contributed by atoms with Gasteiger partial charge in [-0.25, -0.2) is 9.97 Å². The minimum Gasteiger partial charge on any atom is -0.394 e. The van der Waals surface area contributed by atoms with Crippen LogP contribution in [-0.2, 0) is 0 Å². The third kappa shape index (κ3) is 4.13. The smallest absolute Gasteiger partial charge is 0.251 e. The van der Waals surface area contributed by atoms with Gasteiger partial charge in [0.15, 0.2) is 0 Å². The molecule has 2 N–H and O–H groups in total. The number of nitrogens with zero attached hydrogens (tertiary/aromatic N) is 3. The summed E-state index contributed by atoms with van der Waals surface area (Å²) in [5, 5.41) is 12.2. The molecule has 2 rings (SSSR count). The van der Waals surface area contributed by atoms with E-state index in [9.17, 15) is 9.90 Å². The maximum atomic E-state index is 12.2. The SMILES string of the molecule is CC(C)CC(CO)NC(=O)c1ccnc(-n2ccnc2)c1. The Balaban J connectivity index is 2.10. The maximum absolute atomic E-state index is 12.2. The Kier molecular flexibility index (Phi) is 5.05. The van der Waals surface area contributed by atoms with Gasteiger partial charge in [0.05, 0.1) is 12.6 Å². The van der Waals surface area contributed by atoms with E-state index in [1.54, 1.807) is 41.6 Å². The molecule has 2 aromatic heterocycles. The highest BCUT2D eigenvalue weighted by Gasteiger charge is 2.15. The molecule has 1 amide bonds. The normalized spacial score (nSPS) is 12.4. The molecular formula is C15H20N4O2. The number of nitrogens with one attached hydrogen (secondary N) is 1. The monoisotopic (exact) mass is 288 g/mol. The Hall–Kier alpha value is -2.21. The summed E-state index contributed by atoms with van der Waals surface area (Å²) in [6.45, 7) is 4.04. The number of hydrogen-bond acceptors (Lipinski definition) is 4. The largest absolute Gasteiger partial charge is 0.394 e. The number of imidazole rings is 1. The molecule has 0 aliphatic carbocycles. The number of carbonyl (C=O) groups excluding carboxylic acids is 1. The van der Waals surface area contributed by atoms with Gasteiger partial charge in [-0.15, -0.1) is 0 Å². The minimum atomic E-state index is -0.234. The lowest BCUT2D eigenvalue weighted by molar-refractivity contribution is 0.0908. The number of amides is 1. The summed E-state index contributed by atoms with van der Waals surface area (Å²) >= 11 is 0. The summed E-state index contributed by atoms with van der Waals surface area (Å²) in [5.74, 6) is 0.824. The van der Waals surface area contributed by atoms with E-state index in [0.29, 0.717) is 17.3 Å². The van der Waals surface area contributed by atoms with Gasteiger partial charge in [0.2, 0.25) is 0 Å². The highest BCUT2D eigenvalue weighted by atomic mass is 16.3. The summed E-state index contributed by atoms with van der Waals surface area (Å²) in [5.41, 5.74) is 0.510. The van der Waals surface area contributed by atoms with E-state index in [2.05, 4.69) is 29.1 Å². The Morgan fingerprint density at radius 3 is 2.86 bits per heavy atom. The van der Waals surface area contributed by atoms with Crippen molar-refractivity contribution in [2.45, 2.75) is 26.3 Å². The quantitative estimate of drug-likeness (QED) is 0.842. The van der Waals surface area contributed by atoms with Gasteiger partial charge in [-0.3, -0.25) is 9.36 Å². The second-order valence-electron chi connectivity index (χ2n) is 5.36. The zero-order valence-corrected chi connectivity index (χ0v) is 12.2. The van der Waals surface area contributed by atoms with Crippen LogP contribution in [0.1, 0.15) is 30.6 Å². The second-order valence-corrected chi connectivity index (χ2v) is 5.36. The first-order valence-electron chi connectivity index (χ1n) is 6.96. The molecule has 0 spiro atoms. The summed E-state index contributed by atoms with van der Waals surface area (Å²) in [6.07, 6.45) is 7.36. The number of rotatable bonds is 6. The fourth-order valence-electron chi connectivity index (χ4n) is 2.11. The van der Waals surface area contributed by atoms with Crippen LogP contribution in [0.4, 0.5) is 0 Å². The van der Waals surface area contributed by atoms with E-state index >= 15 is 0 Å². The number of pyridine rings is 1. The lowest BCUT2D eigenvalue weighted by Crippen LogP contribution is -2.38. The van der Waals surface area contributed by atoms with Gasteiger partial charge in [0.25, 0.3) is 5.91 Å². The second kappa shape index (κ2) is 6.99. The van der Waals surface area contributed by atoms with Crippen molar-refractivity contribution in [2.75, 3.05) is 6.61 Å². The zero-order chi connectivity index (χ0) is 15.2. The molecule has 0 aliphatic heterocycles. The first kappa shape index (κ1) is 15.2. The van der Waals surface area contributed by atoms with E-state index in [4.69, 9.17) is 0 Å². The van der Waals surface area contributed by atoms with Gasteiger partial charge in [-0.2, -0.15) is 0 Å². The fraction of sp³-hybridized carbons (Fsp3) is 0.400. The molecule has 21 heavy (non-hydrogen) atoms. The number of aliphatic hydroxyl groups excluding tert-OH is 1. The molecule has 0 fully saturated rings. The molecule has 1 atom stereocenters. The van der Waals surface area contributed by atoms with Crippen molar-refractivity contribution in [1.29, 1.82) is 0 Å². The number of aromatic nitrogens is 3. The highest BCUT2D eigenvalue weighted by molar-refractivity contribution is 5.94. The molecule has 6 heteroatoms. The average molecular weight is 288 g/mol. The van der Waals surface area contributed by atoms with Gasteiger partial charge in [0, 0.05) is 24.2 Å². The van der Waals surface area contributed by atoms with Crippen molar-refractivity contribution >= 4 is 5.91 Å². The van der Waals surface area contributed by atoms with Gasteiger partial charge in [-0.05, 0) is 24.5 Å². The van der Waals surface area contributed by atoms with Crippen LogP contribution >= 0.6 is 0 Å². The van der Waals surface area contributed by atoms with Crippen LogP contribution in [0.25, 0.3) is 5.82 Å². The van der Waals surface area contributed by atoms with Crippen LogP contribution in [0, 0.1) is 5.92 Å². The summed E-state index contributed by atoms with van der Waals surface area (Å²) < 4.78 is 1.73. The van der Waals surface area contributed by atoms with Gasteiger partial charge >= 0.3 is 0 Å². The van der Waals surface area contributed by atoms with Gasteiger partial charge in [-0.1, -0.05) is 13.8 Å². The highest BCUT2D eigenvalue weighted by Crippen LogP contribution is 2.09. The molecule has 0 saturated heterocycles. The van der Waals surface area contributed by atoms with Crippen LogP contribution in [0.15, 0.2) is 37.1 Å². The third-order valence-corrected chi connectivity index (χ3v) is 3.09. The van der Waals surface area contributed by atoms with E-state index in [0.717, 1.165) is 6.42 Å². The van der Waals surface area contributed by atoms with Crippen LogP contribution < -0.4 is 5.32 Å². The first-order chi connectivity index (χ1) is 10.1. The van der Waals surface area contributed by atoms with E-state index in [-0.39, 0.29) is 18.6 Å². The van der Waals surface area contributed by atoms with Crippen molar-refractivity contribution in [3.8, 4) is 5.82 Å². The molecule has 0 aromatic carbocycles. The molecule has 0 radical (unpaired) electrons. The van der Waals surface area contributed by atoms with Crippen LogP contribution in [0.2, 0.25) is 0 Å².